The fourth-order valence-electron chi connectivity index (χ4n) is 2.27. The standard InChI is InChI=1S/C12H16O3/c1-3-9-8-6-5-7-11(15-12(8)13)10(4-2)14-9/h3-4,8-11H,1-2,5-7H2. The van der Waals surface area contributed by atoms with E-state index in [4.69, 9.17) is 9.47 Å². The third kappa shape index (κ3) is 1.84. The Morgan fingerprint density at radius 3 is 2.60 bits per heavy atom. The van der Waals surface area contributed by atoms with Crippen molar-refractivity contribution in [3.05, 3.63) is 25.3 Å². The summed E-state index contributed by atoms with van der Waals surface area (Å²) in [5.74, 6) is -0.329. The van der Waals surface area contributed by atoms with Gasteiger partial charge in [0.25, 0.3) is 0 Å². The van der Waals surface area contributed by atoms with Crippen LogP contribution in [0.2, 0.25) is 0 Å². The van der Waals surface area contributed by atoms with Gasteiger partial charge in [-0.05, 0) is 19.3 Å². The van der Waals surface area contributed by atoms with Crippen molar-refractivity contribution in [2.24, 2.45) is 5.92 Å². The minimum atomic E-state index is -0.231. The van der Waals surface area contributed by atoms with Crippen molar-refractivity contribution in [1.82, 2.24) is 0 Å². The Labute approximate surface area is 89.8 Å². The van der Waals surface area contributed by atoms with Gasteiger partial charge in [-0.1, -0.05) is 12.2 Å². The molecule has 3 nitrogen and oxygen atoms in total. The zero-order valence-electron chi connectivity index (χ0n) is 8.72. The van der Waals surface area contributed by atoms with Crippen LogP contribution in [0.1, 0.15) is 19.3 Å². The fraction of sp³-hybridized carbons (Fsp3) is 0.583. The van der Waals surface area contributed by atoms with Crippen molar-refractivity contribution in [1.29, 1.82) is 0 Å². The first kappa shape index (κ1) is 10.4. The molecule has 2 rings (SSSR count). The van der Waals surface area contributed by atoms with Gasteiger partial charge in [0.2, 0.25) is 0 Å². The highest BCUT2D eigenvalue weighted by Crippen LogP contribution is 2.32. The smallest absolute Gasteiger partial charge is 0.312 e. The van der Waals surface area contributed by atoms with Crippen LogP contribution < -0.4 is 0 Å². The van der Waals surface area contributed by atoms with E-state index >= 15 is 0 Å². The molecule has 4 atom stereocenters. The molecule has 2 heterocycles. The first-order valence-corrected chi connectivity index (χ1v) is 5.37. The summed E-state index contributed by atoms with van der Waals surface area (Å²) in [5.41, 5.74) is 0. The van der Waals surface area contributed by atoms with E-state index in [1.807, 2.05) is 0 Å². The number of ether oxygens (including phenoxy) is 2. The van der Waals surface area contributed by atoms with Crippen LogP contribution in [0.25, 0.3) is 0 Å². The van der Waals surface area contributed by atoms with Crippen LogP contribution in [-0.4, -0.2) is 24.3 Å². The van der Waals surface area contributed by atoms with Gasteiger partial charge in [0, 0.05) is 0 Å². The zero-order valence-corrected chi connectivity index (χ0v) is 8.72. The van der Waals surface area contributed by atoms with Gasteiger partial charge in [-0.3, -0.25) is 4.79 Å². The summed E-state index contributed by atoms with van der Waals surface area (Å²) < 4.78 is 11.2. The third-order valence-electron chi connectivity index (χ3n) is 3.12. The van der Waals surface area contributed by atoms with E-state index in [9.17, 15) is 4.79 Å². The molecule has 2 fully saturated rings. The molecule has 0 saturated carbocycles. The molecule has 2 aliphatic heterocycles. The van der Waals surface area contributed by atoms with Gasteiger partial charge in [-0.25, -0.2) is 0 Å². The molecule has 0 aliphatic carbocycles. The second kappa shape index (κ2) is 4.19. The Kier molecular flexibility index (Phi) is 2.91. The topological polar surface area (TPSA) is 35.5 Å². The van der Waals surface area contributed by atoms with Gasteiger partial charge >= 0.3 is 5.97 Å². The van der Waals surface area contributed by atoms with Crippen molar-refractivity contribution in [2.75, 3.05) is 0 Å². The lowest BCUT2D eigenvalue weighted by molar-refractivity contribution is -0.151. The van der Waals surface area contributed by atoms with Gasteiger partial charge in [0.05, 0.1) is 12.0 Å². The monoisotopic (exact) mass is 208 g/mol. The van der Waals surface area contributed by atoms with Crippen LogP contribution in [0.5, 0.6) is 0 Å². The predicted octanol–water partition coefficient (Wildman–Crippen LogP) is 1.84. The van der Waals surface area contributed by atoms with Gasteiger partial charge in [0.15, 0.2) is 0 Å². The van der Waals surface area contributed by atoms with Gasteiger partial charge in [0.1, 0.15) is 12.2 Å². The summed E-state index contributed by atoms with van der Waals surface area (Å²) in [6, 6.07) is 0. The molecule has 4 unspecified atom stereocenters. The van der Waals surface area contributed by atoms with Crippen LogP contribution >= 0.6 is 0 Å². The Balaban J connectivity index is 2.29. The Morgan fingerprint density at radius 1 is 1.20 bits per heavy atom. The molecule has 82 valence electrons. The van der Waals surface area contributed by atoms with E-state index < -0.39 is 0 Å². The maximum Gasteiger partial charge on any atom is 0.312 e. The zero-order chi connectivity index (χ0) is 10.8. The van der Waals surface area contributed by atoms with Crippen molar-refractivity contribution in [3.63, 3.8) is 0 Å². The summed E-state index contributed by atoms with van der Waals surface area (Å²) in [6.45, 7) is 7.43. The van der Waals surface area contributed by atoms with Crippen LogP contribution in [0.15, 0.2) is 25.3 Å². The van der Waals surface area contributed by atoms with Crippen molar-refractivity contribution in [2.45, 2.75) is 37.6 Å². The molecule has 3 heteroatoms. The molecule has 0 aromatic carbocycles. The van der Waals surface area contributed by atoms with Crippen LogP contribution in [0.3, 0.4) is 0 Å². The molecule has 0 aromatic heterocycles. The first-order valence-electron chi connectivity index (χ1n) is 5.37. The van der Waals surface area contributed by atoms with Crippen LogP contribution in [0, 0.1) is 5.92 Å². The van der Waals surface area contributed by atoms with E-state index in [0.29, 0.717) is 0 Å². The average Bonchev–Trinajstić information content (AvgIpc) is 2.47. The number of carbonyl (C=O) groups is 1. The Morgan fingerprint density at radius 2 is 1.93 bits per heavy atom. The lowest BCUT2D eigenvalue weighted by Crippen LogP contribution is -2.32. The molecule has 0 amide bonds. The second-order valence-corrected chi connectivity index (χ2v) is 4.05. The number of carbonyl (C=O) groups excluding carboxylic acids is 1. The quantitative estimate of drug-likeness (QED) is 0.513. The van der Waals surface area contributed by atoms with E-state index in [0.717, 1.165) is 19.3 Å². The van der Waals surface area contributed by atoms with Crippen LogP contribution in [-0.2, 0) is 14.3 Å². The molecule has 0 aromatic rings. The minimum absolute atomic E-state index is 0.147. The molecule has 15 heavy (non-hydrogen) atoms. The van der Waals surface area contributed by atoms with E-state index in [-0.39, 0.29) is 30.2 Å². The number of fused-ring (bicyclic) bond motifs is 3. The molecular weight excluding hydrogens is 192 g/mol. The lowest BCUT2D eigenvalue weighted by atomic mass is 9.94. The molecule has 0 radical (unpaired) electrons. The van der Waals surface area contributed by atoms with E-state index in [1.54, 1.807) is 12.2 Å². The van der Waals surface area contributed by atoms with Gasteiger partial charge in [-0.15, -0.1) is 13.2 Å². The van der Waals surface area contributed by atoms with E-state index in [1.165, 1.54) is 0 Å². The van der Waals surface area contributed by atoms with Crippen molar-refractivity contribution < 1.29 is 14.3 Å². The molecular formula is C12H16O3. The third-order valence-corrected chi connectivity index (χ3v) is 3.12. The molecule has 0 N–H and O–H groups in total. The van der Waals surface area contributed by atoms with Crippen LogP contribution in [0.4, 0.5) is 0 Å². The fourth-order valence-corrected chi connectivity index (χ4v) is 2.27. The number of hydrogen-bond acceptors (Lipinski definition) is 3. The largest absolute Gasteiger partial charge is 0.459 e. The summed E-state index contributed by atoms with van der Waals surface area (Å²) in [5, 5.41) is 0. The Bertz CT molecular complexity index is 285. The van der Waals surface area contributed by atoms with Crippen molar-refractivity contribution in [3.8, 4) is 0 Å². The predicted molar refractivity (Wildman–Crippen MR) is 56.3 cm³/mol. The highest BCUT2D eigenvalue weighted by molar-refractivity contribution is 5.74. The summed E-state index contributed by atoms with van der Waals surface area (Å²) in [7, 11) is 0. The lowest BCUT2D eigenvalue weighted by Gasteiger charge is -2.25. The summed E-state index contributed by atoms with van der Waals surface area (Å²) >= 11 is 0. The summed E-state index contributed by atoms with van der Waals surface area (Å²) in [6.07, 6.45) is 5.51. The van der Waals surface area contributed by atoms with Crippen molar-refractivity contribution >= 4 is 5.97 Å². The maximum atomic E-state index is 11.7. The molecule has 2 saturated heterocycles. The molecule has 2 bridgehead atoms. The Hall–Kier alpha value is -1.09. The molecule has 2 aliphatic rings. The van der Waals surface area contributed by atoms with Gasteiger partial charge in [-0.2, -0.15) is 0 Å². The first-order chi connectivity index (χ1) is 7.26. The second-order valence-electron chi connectivity index (χ2n) is 4.05. The molecule has 0 spiro atoms. The number of esters is 1. The number of hydrogen-bond donors (Lipinski definition) is 0. The summed E-state index contributed by atoms with van der Waals surface area (Å²) in [4.78, 5) is 11.7. The average molecular weight is 208 g/mol. The highest BCUT2D eigenvalue weighted by Gasteiger charge is 2.40. The van der Waals surface area contributed by atoms with Gasteiger partial charge < -0.3 is 9.47 Å². The maximum absolute atomic E-state index is 11.7. The highest BCUT2D eigenvalue weighted by atomic mass is 16.6. The number of rotatable bonds is 2. The normalized spacial score (nSPS) is 40.1. The van der Waals surface area contributed by atoms with E-state index in [2.05, 4.69) is 13.2 Å². The minimum Gasteiger partial charge on any atom is -0.459 e. The SMILES string of the molecule is C=CC1OC(C=C)C2CCCC1OC2=O.